The summed E-state index contributed by atoms with van der Waals surface area (Å²) in [6.07, 6.45) is 2.69. The Morgan fingerprint density at radius 3 is 2.84 bits per heavy atom. The number of rotatable bonds is 4. The monoisotopic (exact) mass is 272 g/mol. The van der Waals surface area contributed by atoms with Crippen molar-refractivity contribution in [3.63, 3.8) is 0 Å². The topological polar surface area (TPSA) is 27.1 Å². The molecule has 0 fully saturated rings. The van der Waals surface area contributed by atoms with Gasteiger partial charge in [-0.05, 0) is 37.8 Å². The molecule has 1 aromatic heterocycles. The van der Waals surface area contributed by atoms with Crippen molar-refractivity contribution in [3.05, 3.63) is 47.2 Å². The van der Waals surface area contributed by atoms with Crippen molar-refractivity contribution < 1.29 is 4.74 Å². The van der Waals surface area contributed by atoms with E-state index < -0.39 is 0 Å². The molecule has 0 spiro atoms. The smallest absolute Gasteiger partial charge is 0.234 e. The minimum absolute atomic E-state index is 0.471. The predicted molar refractivity (Wildman–Crippen MR) is 79.3 cm³/mol. The number of thiol groups is 1. The minimum atomic E-state index is 0.471. The van der Waals surface area contributed by atoms with Crippen LogP contribution in [0.15, 0.2) is 30.5 Å². The summed E-state index contributed by atoms with van der Waals surface area (Å²) < 4.78 is 7.12. The normalized spacial score (nSPS) is 9.84. The first-order valence-electron chi connectivity index (χ1n) is 6.15. The predicted octanol–water partition coefficient (Wildman–Crippen LogP) is 3.09. The molecular formula is C15H16N2OS. The van der Waals surface area contributed by atoms with Crippen molar-refractivity contribution in [1.29, 1.82) is 0 Å². The third-order valence-corrected chi connectivity index (χ3v) is 3.05. The number of benzene rings is 1. The first kappa shape index (κ1) is 13.6. The lowest BCUT2D eigenvalue weighted by molar-refractivity contribution is 0.291. The molecule has 0 saturated heterocycles. The van der Waals surface area contributed by atoms with Crippen LogP contribution in [0.4, 0.5) is 0 Å². The fourth-order valence-electron chi connectivity index (χ4n) is 1.91. The Hall–Kier alpha value is -1.86. The molecule has 0 N–H and O–H groups in total. The number of ether oxygens (including phenoxy) is 1. The molecule has 0 unspecified atom stereocenters. The molecule has 19 heavy (non-hydrogen) atoms. The number of nitrogens with zero attached hydrogens (tertiary/aromatic N) is 2. The van der Waals surface area contributed by atoms with Gasteiger partial charge in [-0.25, -0.2) is 4.09 Å². The molecule has 0 amide bonds. The van der Waals surface area contributed by atoms with Gasteiger partial charge in [0.2, 0.25) is 5.88 Å². The molecule has 0 aliphatic heterocycles. The van der Waals surface area contributed by atoms with Crippen LogP contribution in [0.25, 0.3) is 0 Å². The highest BCUT2D eigenvalue weighted by atomic mass is 32.1. The number of aryl methyl sites for hydroxylation is 1. The summed E-state index contributed by atoms with van der Waals surface area (Å²) in [6.45, 7) is 4.44. The maximum atomic E-state index is 5.69. The van der Waals surface area contributed by atoms with Crippen LogP contribution in [0.1, 0.15) is 30.5 Å². The van der Waals surface area contributed by atoms with Gasteiger partial charge < -0.3 is 4.74 Å². The summed E-state index contributed by atoms with van der Waals surface area (Å²) in [5.41, 5.74) is 3.41. The van der Waals surface area contributed by atoms with E-state index in [1.54, 1.807) is 12.3 Å². The lowest BCUT2D eigenvalue weighted by atomic mass is 10.00. The van der Waals surface area contributed by atoms with Crippen molar-refractivity contribution in [2.45, 2.75) is 26.9 Å². The molecule has 0 atom stereocenters. The lowest BCUT2D eigenvalue weighted by Gasteiger charge is -2.10. The molecule has 0 aliphatic rings. The van der Waals surface area contributed by atoms with Gasteiger partial charge in [-0.3, -0.25) is 0 Å². The molecule has 0 aliphatic carbocycles. The highest BCUT2D eigenvalue weighted by Gasteiger charge is 2.07. The maximum Gasteiger partial charge on any atom is 0.234 e. The highest BCUT2D eigenvalue weighted by molar-refractivity contribution is 7.78. The van der Waals surface area contributed by atoms with Crippen LogP contribution in [0, 0.1) is 11.8 Å². The van der Waals surface area contributed by atoms with Crippen LogP contribution in [-0.4, -0.2) is 9.19 Å². The Morgan fingerprint density at radius 2 is 2.21 bits per heavy atom. The van der Waals surface area contributed by atoms with Crippen LogP contribution in [-0.2, 0) is 13.0 Å². The third kappa shape index (κ3) is 3.33. The fraction of sp³-hybridized carbons (Fsp3) is 0.267. The second-order valence-electron chi connectivity index (χ2n) is 4.03. The summed E-state index contributed by atoms with van der Waals surface area (Å²) in [5, 5.41) is 4.08. The van der Waals surface area contributed by atoms with Crippen molar-refractivity contribution in [2.24, 2.45) is 0 Å². The van der Waals surface area contributed by atoms with E-state index >= 15 is 0 Å². The molecule has 1 heterocycles. The van der Waals surface area contributed by atoms with E-state index in [0.29, 0.717) is 12.5 Å². The van der Waals surface area contributed by atoms with Crippen molar-refractivity contribution in [3.8, 4) is 17.7 Å². The van der Waals surface area contributed by atoms with Gasteiger partial charge >= 0.3 is 0 Å². The van der Waals surface area contributed by atoms with E-state index in [9.17, 15) is 0 Å². The van der Waals surface area contributed by atoms with Crippen molar-refractivity contribution in [2.75, 3.05) is 0 Å². The summed E-state index contributed by atoms with van der Waals surface area (Å²) >= 11 is 4.08. The van der Waals surface area contributed by atoms with E-state index in [1.807, 2.05) is 19.1 Å². The molecule has 4 heteroatoms. The van der Waals surface area contributed by atoms with E-state index in [1.165, 1.54) is 9.65 Å². The zero-order valence-corrected chi connectivity index (χ0v) is 11.9. The maximum absolute atomic E-state index is 5.69. The van der Waals surface area contributed by atoms with Gasteiger partial charge in [0.05, 0.1) is 0 Å². The largest absolute Gasteiger partial charge is 0.472 e. The zero-order valence-electron chi connectivity index (χ0n) is 11.1. The Balaban J connectivity index is 2.24. The molecule has 2 rings (SSSR count). The van der Waals surface area contributed by atoms with Gasteiger partial charge in [0.25, 0.3) is 0 Å². The van der Waals surface area contributed by atoms with Crippen LogP contribution in [0.2, 0.25) is 0 Å². The lowest BCUT2D eigenvalue weighted by Crippen LogP contribution is -2.03. The molecule has 0 saturated carbocycles. The Kier molecular flexibility index (Phi) is 4.53. The SMILES string of the molecule is CC#Cc1cccc(CC)c1COc1ccn(S)n1. The number of aromatic nitrogens is 2. The zero-order chi connectivity index (χ0) is 13.7. The number of hydrogen-bond donors (Lipinski definition) is 1. The van der Waals surface area contributed by atoms with Gasteiger partial charge in [-0.15, -0.1) is 11.0 Å². The Morgan fingerprint density at radius 1 is 1.37 bits per heavy atom. The van der Waals surface area contributed by atoms with E-state index in [4.69, 9.17) is 4.74 Å². The second-order valence-corrected chi connectivity index (χ2v) is 4.44. The average Bonchev–Trinajstić information content (AvgIpc) is 2.83. The summed E-state index contributed by atoms with van der Waals surface area (Å²) in [6, 6.07) is 7.94. The summed E-state index contributed by atoms with van der Waals surface area (Å²) in [7, 11) is 0. The third-order valence-electron chi connectivity index (χ3n) is 2.83. The Labute approximate surface area is 119 Å². The molecule has 3 nitrogen and oxygen atoms in total. The van der Waals surface area contributed by atoms with E-state index in [-0.39, 0.29) is 0 Å². The molecule has 0 bridgehead atoms. The summed E-state index contributed by atoms with van der Waals surface area (Å²) in [5.74, 6) is 6.63. The van der Waals surface area contributed by atoms with E-state index in [2.05, 4.69) is 42.7 Å². The van der Waals surface area contributed by atoms with Gasteiger partial charge in [0.1, 0.15) is 6.61 Å². The van der Waals surface area contributed by atoms with Gasteiger partial charge in [0, 0.05) is 23.4 Å². The van der Waals surface area contributed by atoms with Gasteiger partial charge in [-0.1, -0.05) is 25.0 Å². The first-order chi connectivity index (χ1) is 9.24. The molecule has 98 valence electrons. The highest BCUT2D eigenvalue weighted by Crippen LogP contribution is 2.18. The molecular weight excluding hydrogens is 256 g/mol. The van der Waals surface area contributed by atoms with E-state index in [0.717, 1.165) is 17.5 Å². The second kappa shape index (κ2) is 6.35. The molecule has 0 radical (unpaired) electrons. The van der Waals surface area contributed by atoms with Crippen LogP contribution >= 0.6 is 12.8 Å². The van der Waals surface area contributed by atoms with Crippen LogP contribution in [0.5, 0.6) is 5.88 Å². The standard InChI is InChI=1S/C15H16N2OS/c1-3-6-13-8-5-7-12(4-2)14(13)11-18-15-9-10-17(19)16-15/h5,7-10,19H,4,11H2,1-2H3. The van der Waals surface area contributed by atoms with Gasteiger partial charge in [0.15, 0.2) is 0 Å². The quantitative estimate of drug-likeness (QED) is 0.684. The fourth-order valence-corrected chi connectivity index (χ4v) is 2.06. The van der Waals surface area contributed by atoms with Crippen molar-refractivity contribution >= 4 is 12.8 Å². The Bertz CT molecular complexity index is 623. The first-order valence-corrected chi connectivity index (χ1v) is 6.55. The van der Waals surface area contributed by atoms with Crippen LogP contribution in [0.3, 0.4) is 0 Å². The van der Waals surface area contributed by atoms with Crippen LogP contribution < -0.4 is 4.74 Å². The molecule has 2 aromatic rings. The van der Waals surface area contributed by atoms with Crippen molar-refractivity contribution in [1.82, 2.24) is 9.19 Å². The van der Waals surface area contributed by atoms with Gasteiger partial charge in [-0.2, -0.15) is 0 Å². The average molecular weight is 272 g/mol. The number of hydrogen-bond acceptors (Lipinski definition) is 3. The summed E-state index contributed by atoms with van der Waals surface area (Å²) in [4.78, 5) is 0. The minimum Gasteiger partial charge on any atom is -0.472 e. The molecule has 1 aromatic carbocycles.